The van der Waals surface area contributed by atoms with Gasteiger partial charge in [-0.25, -0.2) is 4.79 Å². The predicted molar refractivity (Wildman–Crippen MR) is 90.7 cm³/mol. The summed E-state index contributed by atoms with van der Waals surface area (Å²) in [6, 6.07) is 13.3. The highest BCUT2D eigenvalue weighted by molar-refractivity contribution is 5.95. The first kappa shape index (κ1) is 16.8. The minimum Gasteiger partial charge on any atom is -0.497 e. The molecule has 25 heavy (non-hydrogen) atoms. The van der Waals surface area contributed by atoms with E-state index in [0.717, 1.165) is 11.1 Å². The first-order valence-electron chi connectivity index (χ1n) is 7.87. The third kappa shape index (κ3) is 3.15. The molecule has 1 aliphatic heterocycles. The average Bonchev–Trinajstić information content (AvgIpc) is 2.64. The van der Waals surface area contributed by atoms with E-state index in [-0.39, 0.29) is 12.3 Å². The van der Waals surface area contributed by atoms with Crippen molar-refractivity contribution >= 4 is 11.9 Å². The Balaban J connectivity index is 2.03. The highest BCUT2D eigenvalue weighted by Gasteiger charge is 2.46. The van der Waals surface area contributed by atoms with Crippen LogP contribution in [0.2, 0.25) is 0 Å². The summed E-state index contributed by atoms with van der Waals surface area (Å²) >= 11 is 0. The standard InChI is InChI=1S/C19H19NO5/c1-24-14-7-3-12(4-8-14)18(13-5-9-15(25-2)10-6-13)20-16(19(22)23)11-17(20)21/h3-10,16,18H,11H2,1-2H3,(H,22,23). The van der Waals surface area contributed by atoms with Crippen molar-refractivity contribution in [1.29, 1.82) is 0 Å². The van der Waals surface area contributed by atoms with Crippen LogP contribution in [0.1, 0.15) is 23.6 Å². The molecule has 130 valence electrons. The summed E-state index contributed by atoms with van der Waals surface area (Å²) in [6.45, 7) is 0. The van der Waals surface area contributed by atoms with Crippen LogP contribution in [0.3, 0.4) is 0 Å². The maximum absolute atomic E-state index is 12.2. The Hall–Kier alpha value is -3.02. The second-order valence-electron chi connectivity index (χ2n) is 5.81. The smallest absolute Gasteiger partial charge is 0.326 e. The lowest BCUT2D eigenvalue weighted by molar-refractivity contribution is -0.164. The van der Waals surface area contributed by atoms with Gasteiger partial charge in [0.2, 0.25) is 5.91 Å². The predicted octanol–water partition coefficient (Wildman–Crippen LogP) is 2.48. The quantitative estimate of drug-likeness (QED) is 0.817. The lowest BCUT2D eigenvalue weighted by atomic mass is 9.90. The number of methoxy groups -OCH3 is 2. The van der Waals surface area contributed by atoms with Crippen molar-refractivity contribution in [2.45, 2.75) is 18.5 Å². The number of β-lactam (4-membered cyclic amide) rings is 1. The third-order valence-corrected chi connectivity index (χ3v) is 4.42. The van der Waals surface area contributed by atoms with E-state index in [1.54, 1.807) is 38.5 Å². The van der Waals surface area contributed by atoms with Crippen LogP contribution in [0.15, 0.2) is 48.5 Å². The normalized spacial score (nSPS) is 16.5. The Morgan fingerprint density at radius 1 is 1.00 bits per heavy atom. The maximum atomic E-state index is 12.2. The molecule has 0 spiro atoms. The van der Waals surface area contributed by atoms with Gasteiger partial charge in [-0.15, -0.1) is 0 Å². The lowest BCUT2D eigenvalue weighted by Gasteiger charge is -2.43. The average molecular weight is 341 g/mol. The number of carboxylic acid groups (broad SMARTS) is 1. The number of hydrogen-bond acceptors (Lipinski definition) is 4. The fourth-order valence-corrected chi connectivity index (χ4v) is 3.05. The molecule has 0 aromatic heterocycles. The summed E-state index contributed by atoms with van der Waals surface area (Å²) in [5.41, 5.74) is 1.65. The SMILES string of the molecule is COc1ccc(C(c2ccc(OC)cc2)N2C(=O)CC2C(=O)O)cc1. The van der Waals surface area contributed by atoms with E-state index in [0.29, 0.717) is 11.5 Å². The van der Waals surface area contributed by atoms with Crippen molar-refractivity contribution in [3.05, 3.63) is 59.7 Å². The Morgan fingerprint density at radius 3 is 1.76 bits per heavy atom. The number of benzene rings is 2. The van der Waals surface area contributed by atoms with Crippen LogP contribution in [0.25, 0.3) is 0 Å². The van der Waals surface area contributed by atoms with E-state index in [9.17, 15) is 14.7 Å². The molecule has 3 rings (SSSR count). The highest BCUT2D eigenvalue weighted by Crippen LogP contribution is 2.37. The number of aliphatic carboxylic acids is 1. The van der Waals surface area contributed by atoms with E-state index in [2.05, 4.69) is 0 Å². The first-order valence-corrected chi connectivity index (χ1v) is 7.87. The summed E-state index contributed by atoms with van der Waals surface area (Å²) < 4.78 is 10.3. The topological polar surface area (TPSA) is 76.1 Å². The van der Waals surface area contributed by atoms with Crippen molar-refractivity contribution in [3.8, 4) is 11.5 Å². The molecular weight excluding hydrogens is 322 g/mol. The number of rotatable bonds is 6. The zero-order valence-corrected chi connectivity index (χ0v) is 14.0. The van der Waals surface area contributed by atoms with Crippen molar-refractivity contribution in [2.75, 3.05) is 14.2 Å². The van der Waals surface area contributed by atoms with Gasteiger partial charge in [-0.1, -0.05) is 24.3 Å². The van der Waals surface area contributed by atoms with Crippen molar-refractivity contribution in [1.82, 2.24) is 4.90 Å². The zero-order chi connectivity index (χ0) is 18.0. The Bertz CT molecular complexity index is 722. The summed E-state index contributed by atoms with van der Waals surface area (Å²) in [5.74, 6) is 0.222. The number of carbonyl (C=O) groups is 2. The van der Waals surface area contributed by atoms with Gasteiger partial charge >= 0.3 is 5.97 Å². The first-order chi connectivity index (χ1) is 12.0. The van der Waals surface area contributed by atoms with Crippen LogP contribution >= 0.6 is 0 Å². The van der Waals surface area contributed by atoms with Gasteiger partial charge in [-0.05, 0) is 35.4 Å². The molecule has 0 bridgehead atoms. The summed E-state index contributed by atoms with van der Waals surface area (Å²) in [4.78, 5) is 25.1. The molecule has 1 unspecified atom stereocenters. The van der Waals surface area contributed by atoms with Crippen LogP contribution in [-0.4, -0.2) is 42.1 Å². The van der Waals surface area contributed by atoms with Crippen LogP contribution < -0.4 is 9.47 Å². The van der Waals surface area contributed by atoms with Gasteiger partial charge in [0.1, 0.15) is 17.5 Å². The van der Waals surface area contributed by atoms with Gasteiger partial charge in [-0.2, -0.15) is 0 Å². The van der Waals surface area contributed by atoms with E-state index < -0.39 is 18.1 Å². The second-order valence-corrected chi connectivity index (χ2v) is 5.81. The van der Waals surface area contributed by atoms with E-state index in [1.165, 1.54) is 4.90 Å². The molecule has 1 fully saturated rings. The van der Waals surface area contributed by atoms with Crippen molar-refractivity contribution < 1.29 is 24.2 Å². The molecule has 6 heteroatoms. The molecular formula is C19H19NO5. The Morgan fingerprint density at radius 2 is 1.44 bits per heavy atom. The molecule has 0 saturated carbocycles. The van der Waals surface area contributed by atoms with Crippen molar-refractivity contribution in [2.24, 2.45) is 0 Å². The molecule has 1 heterocycles. The summed E-state index contributed by atoms with van der Waals surface area (Å²) in [6.07, 6.45) is 0.0259. The molecule has 1 saturated heterocycles. The van der Waals surface area contributed by atoms with E-state index >= 15 is 0 Å². The highest BCUT2D eigenvalue weighted by atomic mass is 16.5. The fourth-order valence-electron chi connectivity index (χ4n) is 3.05. The fraction of sp³-hybridized carbons (Fsp3) is 0.263. The summed E-state index contributed by atoms with van der Waals surface area (Å²) in [5, 5.41) is 9.39. The largest absolute Gasteiger partial charge is 0.497 e. The van der Waals surface area contributed by atoms with Gasteiger partial charge in [0.15, 0.2) is 0 Å². The van der Waals surface area contributed by atoms with Gasteiger partial charge in [0, 0.05) is 0 Å². The van der Waals surface area contributed by atoms with Gasteiger partial charge < -0.3 is 19.5 Å². The second kappa shape index (κ2) is 6.84. The number of carbonyl (C=O) groups excluding carboxylic acids is 1. The monoisotopic (exact) mass is 341 g/mol. The molecule has 1 aliphatic rings. The minimum atomic E-state index is -0.994. The molecule has 6 nitrogen and oxygen atoms in total. The van der Waals surface area contributed by atoms with E-state index in [1.807, 2.05) is 24.3 Å². The van der Waals surface area contributed by atoms with Crippen LogP contribution in [0, 0.1) is 0 Å². The number of nitrogens with zero attached hydrogens (tertiary/aromatic N) is 1. The lowest BCUT2D eigenvalue weighted by Crippen LogP contribution is -2.58. The van der Waals surface area contributed by atoms with E-state index in [4.69, 9.17) is 9.47 Å². The Labute approximate surface area is 145 Å². The minimum absolute atomic E-state index is 0.0259. The number of amides is 1. The third-order valence-electron chi connectivity index (χ3n) is 4.42. The zero-order valence-electron chi connectivity index (χ0n) is 14.0. The molecule has 2 aromatic carbocycles. The number of likely N-dealkylation sites (tertiary alicyclic amines) is 1. The molecule has 1 N–H and O–H groups in total. The molecule has 1 amide bonds. The van der Waals surface area contributed by atoms with Gasteiger partial charge in [0.25, 0.3) is 0 Å². The maximum Gasteiger partial charge on any atom is 0.326 e. The van der Waals surface area contributed by atoms with Gasteiger partial charge in [-0.3, -0.25) is 4.79 Å². The van der Waals surface area contributed by atoms with Crippen LogP contribution in [-0.2, 0) is 9.59 Å². The number of hydrogen-bond donors (Lipinski definition) is 1. The summed E-state index contributed by atoms with van der Waals surface area (Å²) in [7, 11) is 3.16. The molecule has 1 atom stereocenters. The van der Waals surface area contributed by atoms with Gasteiger partial charge in [0.05, 0.1) is 26.7 Å². The van der Waals surface area contributed by atoms with Crippen LogP contribution in [0.5, 0.6) is 11.5 Å². The van der Waals surface area contributed by atoms with Crippen LogP contribution in [0.4, 0.5) is 0 Å². The molecule has 0 radical (unpaired) electrons. The number of ether oxygens (including phenoxy) is 2. The number of carboxylic acids is 1. The van der Waals surface area contributed by atoms with Crippen molar-refractivity contribution in [3.63, 3.8) is 0 Å². The molecule has 0 aliphatic carbocycles. The molecule has 2 aromatic rings. The Kier molecular flexibility index (Phi) is 4.61.